The van der Waals surface area contributed by atoms with E-state index in [0.717, 1.165) is 5.56 Å². The second-order valence-electron chi connectivity index (χ2n) is 4.57. The van der Waals surface area contributed by atoms with Gasteiger partial charge < -0.3 is 10.1 Å². The Balaban J connectivity index is 1.82. The molecule has 1 fully saturated rings. The largest absolute Gasteiger partial charge is 0.481 e. The summed E-state index contributed by atoms with van der Waals surface area (Å²) in [6.07, 6.45) is 3.39. The number of carbonyl (C=O) groups is 1. The van der Waals surface area contributed by atoms with Crippen LogP contribution in [-0.2, 0) is 4.79 Å². The van der Waals surface area contributed by atoms with Gasteiger partial charge in [-0.3, -0.25) is 4.79 Å². The number of thioether (sulfide) groups is 1. The summed E-state index contributed by atoms with van der Waals surface area (Å²) >= 11 is 7.33. The van der Waals surface area contributed by atoms with Gasteiger partial charge in [0.2, 0.25) is 5.88 Å². The van der Waals surface area contributed by atoms with Crippen LogP contribution < -0.4 is 10.1 Å². The number of nitrogens with zero attached hydrogens (tertiary/aromatic N) is 2. The van der Waals surface area contributed by atoms with Gasteiger partial charge in [-0.2, -0.15) is 0 Å². The van der Waals surface area contributed by atoms with Crippen LogP contribution in [0.3, 0.4) is 0 Å². The summed E-state index contributed by atoms with van der Waals surface area (Å²) in [5.41, 5.74) is 1.42. The number of benzene rings is 1. The molecule has 1 aromatic heterocycles. The monoisotopic (exact) mass is 345 g/mol. The van der Waals surface area contributed by atoms with E-state index < -0.39 is 0 Å². The minimum Gasteiger partial charge on any atom is -0.481 e. The van der Waals surface area contributed by atoms with Gasteiger partial charge in [0.25, 0.3) is 5.91 Å². The van der Waals surface area contributed by atoms with Gasteiger partial charge in [0.1, 0.15) is 0 Å². The molecule has 2 heterocycles. The molecule has 1 aliphatic heterocycles. The van der Waals surface area contributed by atoms with Crippen molar-refractivity contribution in [2.75, 3.05) is 7.11 Å². The first kappa shape index (κ1) is 15.6. The molecule has 0 bridgehead atoms. The first-order chi connectivity index (χ1) is 11.2. The Morgan fingerprint density at radius 3 is 2.83 bits per heavy atom. The van der Waals surface area contributed by atoms with Gasteiger partial charge in [-0.15, -0.1) is 0 Å². The van der Waals surface area contributed by atoms with Crippen LogP contribution in [0.1, 0.15) is 5.56 Å². The number of methoxy groups -OCH3 is 1. The number of amidine groups is 1. The Hall–Kier alpha value is -2.31. The Kier molecular flexibility index (Phi) is 4.64. The standard InChI is InChI=1S/C16H12ClN3O2S/c1-22-14-7-6-10(9-18-14)8-13-15(21)20-16(23-13)19-12-5-3-2-4-11(12)17/h2-9H,1H3,(H,19,20,21)/b13-8+. The van der Waals surface area contributed by atoms with E-state index in [9.17, 15) is 4.79 Å². The molecule has 0 aliphatic carbocycles. The van der Waals surface area contributed by atoms with Crippen molar-refractivity contribution in [2.45, 2.75) is 0 Å². The highest BCUT2D eigenvalue weighted by Crippen LogP contribution is 2.30. The highest BCUT2D eigenvalue weighted by Gasteiger charge is 2.24. The fourth-order valence-corrected chi connectivity index (χ4v) is 2.89. The average Bonchev–Trinajstić information content (AvgIpc) is 2.90. The molecule has 0 atom stereocenters. The minimum atomic E-state index is -0.198. The van der Waals surface area contributed by atoms with Crippen molar-refractivity contribution in [3.63, 3.8) is 0 Å². The van der Waals surface area contributed by atoms with Crippen molar-refractivity contribution >= 4 is 46.2 Å². The SMILES string of the molecule is COc1ccc(/C=C2/SC(=Nc3ccccc3Cl)NC2=O)cn1. The third-order valence-corrected chi connectivity index (χ3v) is 4.22. The van der Waals surface area contributed by atoms with Gasteiger partial charge in [-0.05, 0) is 41.6 Å². The third-order valence-electron chi connectivity index (χ3n) is 2.99. The molecule has 1 N–H and O–H groups in total. The molecule has 0 saturated carbocycles. The molecular formula is C16H12ClN3O2S. The van der Waals surface area contributed by atoms with Gasteiger partial charge in [0, 0.05) is 12.3 Å². The molecule has 1 aromatic carbocycles. The summed E-state index contributed by atoms with van der Waals surface area (Å²) in [7, 11) is 1.55. The zero-order chi connectivity index (χ0) is 16.2. The molecule has 1 saturated heterocycles. The van der Waals surface area contributed by atoms with Crippen LogP contribution in [0.25, 0.3) is 6.08 Å². The molecule has 3 rings (SSSR count). The summed E-state index contributed by atoms with van der Waals surface area (Å²) in [4.78, 5) is 21.0. The van der Waals surface area contributed by atoms with E-state index in [0.29, 0.717) is 26.7 Å². The molecule has 1 amide bonds. The number of halogens is 1. The van der Waals surface area contributed by atoms with Crippen LogP contribution in [0.5, 0.6) is 5.88 Å². The lowest BCUT2D eigenvalue weighted by Gasteiger charge is -1.98. The Morgan fingerprint density at radius 2 is 2.13 bits per heavy atom. The van der Waals surface area contributed by atoms with Crippen LogP contribution in [0.2, 0.25) is 5.02 Å². The molecule has 1 aliphatic rings. The first-order valence-electron chi connectivity index (χ1n) is 6.70. The second-order valence-corrected chi connectivity index (χ2v) is 6.00. The lowest BCUT2D eigenvalue weighted by Crippen LogP contribution is -2.19. The van der Waals surface area contributed by atoms with Crippen molar-refractivity contribution in [3.05, 3.63) is 58.1 Å². The molecule has 116 valence electrons. The maximum atomic E-state index is 12.0. The van der Waals surface area contributed by atoms with Crippen LogP contribution >= 0.6 is 23.4 Å². The summed E-state index contributed by atoms with van der Waals surface area (Å²) in [5, 5.41) is 3.75. The highest BCUT2D eigenvalue weighted by molar-refractivity contribution is 8.18. The summed E-state index contributed by atoms with van der Waals surface area (Å²) in [5.74, 6) is 0.327. The number of para-hydroxylation sites is 1. The zero-order valence-electron chi connectivity index (χ0n) is 12.1. The molecule has 0 radical (unpaired) electrons. The van der Waals surface area contributed by atoms with E-state index in [1.807, 2.05) is 18.2 Å². The first-order valence-corrected chi connectivity index (χ1v) is 7.89. The number of hydrogen-bond donors (Lipinski definition) is 1. The van der Waals surface area contributed by atoms with E-state index >= 15 is 0 Å². The maximum absolute atomic E-state index is 12.0. The second kappa shape index (κ2) is 6.85. The van der Waals surface area contributed by atoms with E-state index in [4.69, 9.17) is 16.3 Å². The Labute approximate surface area is 142 Å². The van der Waals surface area contributed by atoms with Crippen molar-refractivity contribution in [1.82, 2.24) is 10.3 Å². The normalized spacial score (nSPS) is 17.6. The number of rotatable bonds is 3. The van der Waals surface area contributed by atoms with Crippen molar-refractivity contribution in [1.29, 1.82) is 0 Å². The Bertz CT molecular complexity index is 803. The van der Waals surface area contributed by atoms with Crippen LogP contribution in [0.4, 0.5) is 5.69 Å². The van der Waals surface area contributed by atoms with Crippen LogP contribution in [-0.4, -0.2) is 23.2 Å². The van der Waals surface area contributed by atoms with E-state index in [2.05, 4.69) is 15.3 Å². The summed E-state index contributed by atoms with van der Waals surface area (Å²) < 4.78 is 5.01. The Morgan fingerprint density at radius 1 is 1.30 bits per heavy atom. The van der Waals surface area contributed by atoms with Crippen molar-refractivity contribution < 1.29 is 9.53 Å². The predicted octanol–water partition coefficient (Wildman–Crippen LogP) is 3.64. The number of amides is 1. The van der Waals surface area contributed by atoms with Gasteiger partial charge >= 0.3 is 0 Å². The zero-order valence-corrected chi connectivity index (χ0v) is 13.7. The van der Waals surface area contributed by atoms with Crippen LogP contribution in [0, 0.1) is 0 Å². The quantitative estimate of drug-likeness (QED) is 0.863. The van der Waals surface area contributed by atoms with Crippen LogP contribution in [0.15, 0.2) is 52.5 Å². The highest BCUT2D eigenvalue weighted by atomic mass is 35.5. The summed E-state index contributed by atoms with van der Waals surface area (Å²) in [6, 6.07) is 10.8. The minimum absolute atomic E-state index is 0.198. The van der Waals surface area contributed by atoms with Gasteiger partial charge in [-0.1, -0.05) is 23.7 Å². The molecule has 0 spiro atoms. The molecule has 23 heavy (non-hydrogen) atoms. The number of ether oxygens (including phenoxy) is 1. The molecular weight excluding hydrogens is 334 g/mol. The van der Waals surface area contributed by atoms with Gasteiger partial charge in [-0.25, -0.2) is 9.98 Å². The van der Waals surface area contributed by atoms with E-state index in [1.165, 1.54) is 11.8 Å². The van der Waals surface area contributed by atoms with Crippen molar-refractivity contribution in [2.24, 2.45) is 4.99 Å². The summed E-state index contributed by atoms with van der Waals surface area (Å²) in [6.45, 7) is 0. The number of hydrogen-bond acceptors (Lipinski definition) is 5. The lowest BCUT2D eigenvalue weighted by molar-refractivity contribution is -0.115. The molecule has 5 nitrogen and oxygen atoms in total. The smallest absolute Gasteiger partial charge is 0.264 e. The number of nitrogens with one attached hydrogen (secondary N) is 1. The van der Waals surface area contributed by atoms with Crippen molar-refractivity contribution in [3.8, 4) is 5.88 Å². The fraction of sp³-hybridized carbons (Fsp3) is 0.0625. The van der Waals surface area contributed by atoms with Gasteiger partial charge in [0.15, 0.2) is 5.17 Å². The lowest BCUT2D eigenvalue weighted by atomic mass is 10.2. The molecule has 0 unspecified atom stereocenters. The topological polar surface area (TPSA) is 63.6 Å². The number of pyridine rings is 1. The maximum Gasteiger partial charge on any atom is 0.264 e. The van der Waals surface area contributed by atoms with E-state index in [-0.39, 0.29) is 5.91 Å². The fourth-order valence-electron chi connectivity index (χ4n) is 1.88. The van der Waals surface area contributed by atoms with E-state index in [1.54, 1.807) is 37.6 Å². The predicted molar refractivity (Wildman–Crippen MR) is 93.0 cm³/mol. The number of aromatic nitrogens is 1. The molecule has 2 aromatic rings. The number of carbonyl (C=O) groups excluding carboxylic acids is 1. The third kappa shape index (κ3) is 3.72. The van der Waals surface area contributed by atoms with Gasteiger partial charge in [0.05, 0.1) is 22.7 Å². The number of aliphatic imine (C=N–C) groups is 1. The molecule has 7 heteroatoms. The average molecular weight is 346 g/mol.